The first-order chi connectivity index (χ1) is 9.57. The summed E-state index contributed by atoms with van der Waals surface area (Å²) in [4.78, 5) is 14.4. The maximum absolute atomic E-state index is 11.9. The number of amides is 2. The molecule has 1 saturated heterocycles. The molecule has 0 unspecified atom stereocenters. The highest BCUT2D eigenvalue weighted by Crippen LogP contribution is 2.41. The van der Waals surface area contributed by atoms with E-state index in [-0.39, 0.29) is 23.5 Å². The van der Waals surface area contributed by atoms with Crippen LogP contribution in [0.4, 0.5) is 4.79 Å². The molecule has 0 spiro atoms. The van der Waals surface area contributed by atoms with Crippen molar-refractivity contribution in [3.8, 4) is 12.3 Å². The number of nitrogens with one attached hydrogen (secondary N) is 2. The molecule has 2 fully saturated rings. The molecular weight excluding hydrogens is 254 g/mol. The maximum atomic E-state index is 11.9. The second-order valence-electron chi connectivity index (χ2n) is 6.04. The van der Waals surface area contributed by atoms with E-state index >= 15 is 0 Å². The van der Waals surface area contributed by atoms with E-state index in [0.717, 1.165) is 39.1 Å². The number of nitrogens with zero attached hydrogens (tertiary/aromatic N) is 1. The summed E-state index contributed by atoms with van der Waals surface area (Å²) >= 11 is 0. The number of terminal acetylenes is 1. The first-order valence-corrected chi connectivity index (χ1v) is 7.41. The van der Waals surface area contributed by atoms with Gasteiger partial charge in [0, 0.05) is 25.2 Å². The van der Waals surface area contributed by atoms with E-state index in [1.807, 2.05) is 13.8 Å². The molecule has 0 aromatic heterocycles. The maximum Gasteiger partial charge on any atom is 0.315 e. The third-order valence-electron chi connectivity index (χ3n) is 4.22. The largest absolute Gasteiger partial charge is 0.379 e. The van der Waals surface area contributed by atoms with Gasteiger partial charge in [0.15, 0.2) is 0 Å². The van der Waals surface area contributed by atoms with Crippen LogP contribution in [0.25, 0.3) is 0 Å². The molecule has 20 heavy (non-hydrogen) atoms. The van der Waals surface area contributed by atoms with Gasteiger partial charge in [0.05, 0.1) is 19.3 Å². The second kappa shape index (κ2) is 6.47. The third-order valence-corrected chi connectivity index (χ3v) is 4.22. The van der Waals surface area contributed by atoms with Crippen molar-refractivity contribution in [3.63, 3.8) is 0 Å². The van der Waals surface area contributed by atoms with Crippen molar-refractivity contribution in [3.05, 3.63) is 0 Å². The van der Waals surface area contributed by atoms with Crippen LogP contribution in [0.15, 0.2) is 0 Å². The number of hydrogen-bond acceptors (Lipinski definition) is 3. The molecule has 2 N–H and O–H groups in total. The Morgan fingerprint density at radius 2 is 2.05 bits per heavy atom. The van der Waals surface area contributed by atoms with Gasteiger partial charge in [0.25, 0.3) is 0 Å². The number of carbonyl (C=O) groups is 1. The third kappa shape index (κ3) is 3.65. The number of morpholine rings is 1. The summed E-state index contributed by atoms with van der Waals surface area (Å²) in [6, 6.07) is -0.380. The second-order valence-corrected chi connectivity index (χ2v) is 6.04. The predicted octanol–water partition coefficient (Wildman–Crippen LogP) is 0.808. The molecule has 0 bridgehead atoms. The van der Waals surface area contributed by atoms with Gasteiger partial charge < -0.3 is 15.4 Å². The number of hydrogen-bond donors (Lipinski definition) is 2. The molecule has 0 aromatic rings. The fourth-order valence-electron chi connectivity index (χ4n) is 2.62. The van der Waals surface area contributed by atoms with E-state index in [0.29, 0.717) is 6.54 Å². The summed E-state index contributed by atoms with van der Waals surface area (Å²) in [6.07, 6.45) is 7.72. The van der Waals surface area contributed by atoms with Gasteiger partial charge in [-0.1, -0.05) is 19.8 Å². The Kier molecular flexibility index (Phi) is 4.90. The molecular formula is C15H25N3O2. The van der Waals surface area contributed by atoms with E-state index in [9.17, 15) is 4.79 Å². The number of rotatable bonds is 5. The van der Waals surface area contributed by atoms with Gasteiger partial charge in [-0.25, -0.2) is 4.79 Å². The molecule has 1 saturated carbocycles. The average molecular weight is 279 g/mol. The van der Waals surface area contributed by atoms with Crippen LogP contribution in [0, 0.1) is 18.3 Å². The molecule has 2 amide bonds. The normalized spacial score (nSPS) is 22.9. The van der Waals surface area contributed by atoms with Gasteiger partial charge in [-0.3, -0.25) is 4.90 Å². The van der Waals surface area contributed by atoms with Gasteiger partial charge >= 0.3 is 6.03 Å². The van der Waals surface area contributed by atoms with Gasteiger partial charge in [-0.2, -0.15) is 0 Å². The van der Waals surface area contributed by atoms with E-state index in [1.165, 1.54) is 0 Å². The van der Waals surface area contributed by atoms with Crippen LogP contribution >= 0.6 is 0 Å². The summed E-state index contributed by atoms with van der Waals surface area (Å²) in [7, 11) is 0. The lowest BCUT2D eigenvalue weighted by Gasteiger charge is -2.35. The fraction of sp³-hybridized carbons (Fsp3) is 0.800. The first kappa shape index (κ1) is 15.1. The molecule has 0 radical (unpaired) electrons. The quantitative estimate of drug-likeness (QED) is 0.732. The summed E-state index contributed by atoms with van der Waals surface area (Å²) < 4.78 is 5.38. The van der Waals surface area contributed by atoms with Crippen LogP contribution < -0.4 is 10.6 Å². The zero-order valence-electron chi connectivity index (χ0n) is 12.4. The molecule has 5 heteroatoms. The lowest BCUT2D eigenvalue weighted by Crippen LogP contribution is -2.53. The minimum absolute atomic E-state index is 0.157. The number of urea groups is 1. The van der Waals surface area contributed by atoms with Crippen LogP contribution in [0.2, 0.25) is 0 Å². The van der Waals surface area contributed by atoms with Crippen molar-refractivity contribution in [2.45, 2.75) is 38.3 Å². The lowest BCUT2D eigenvalue weighted by molar-refractivity contribution is 0.0102. The van der Waals surface area contributed by atoms with Crippen molar-refractivity contribution in [2.75, 3.05) is 32.8 Å². The molecule has 1 heterocycles. The average Bonchev–Trinajstić information content (AvgIpc) is 3.24. The topological polar surface area (TPSA) is 53.6 Å². The van der Waals surface area contributed by atoms with Crippen LogP contribution in [-0.4, -0.2) is 55.4 Å². The molecule has 112 valence electrons. The lowest BCUT2D eigenvalue weighted by atomic mass is 10.1. The molecule has 5 nitrogen and oxygen atoms in total. The van der Waals surface area contributed by atoms with E-state index in [1.54, 1.807) is 0 Å². The summed E-state index contributed by atoms with van der Waals surface area (Å²) in [5.41, 5.74) is 0.157. The van der Waals surface area contributed by atoms with Crippen LogP contribution in [0.3, 0.4) is 0 Å². The zero-order valence-corrected chi connectivity index (χ0v) is 12.4. The predicted molar refractivity (Wildman–Crippen MR) is 78.4 cm³/mol. The van der Waals surface area contributed by atoms with Crippen LogP contribution in [-0.2, 0) is 4.74 Å². The van der Waals surface area contributed by atoms with Crippen molar-refractivity contribution in [2.24, 2.45) is 5.92 Å². The van der Waals surface area contributed by atoms with Crippen LogP contribution in [0.5, 0.6) is 0 Å². The highest BCUT2D eigenvalue weighted by molar-refractivity contribution is 5.74. The molecule has 1 atom stereocenters. The van der Waals surface area contributed by atoms with E-state index in [2.05, 4.69) is 21.5 Å². The molecule has 0 aromatic carbocycles. The van der Waals surface area contributed by atoms with Crippen molar-refractivity contribution >= 4 is 6.03 Å². The highest BCUT2D eigenvalue weighted by Gasteiger charge is 2.48. The Bertz CT molecular complexity index is 379. The Hall–Kier alpha value is -1.25. The highest BCUT2D eigenvalue weighted by atomic mass is 16.5. The molecule has 1 aliphatic carbocycles. The zero-order chi connectivity index (χ0) is 14.6. The number of carbonyl (C=O) groups excluding carboxylic acids is 1. The van der Waals surface area contributed by atoms with E-state index < -0.39 is 0 Å². The Morgan fingerprint density at radius 1 is 1.40 bits per heavy atom. The van der Waals surface area contributed by atoms with Gasteiger partial charge in [-0.15, -0.1) is 6.42 Å². The van der Waals surface area contributed by atoms with Crippen LogP contribution in [0.1, 0.15) is 26.7 Å². The van der Waals surface area contributed by atoms with Crippen molar-refractivity contribution in [1.82, 2.24) is 15.5 Å². The van der Waals surface area contributed by atoms with E-state index in [4.69, 9.17) is 11.2 Å². The van der Waals surface area contributed by atoms with Crippen molar-refractivity contribution < 1.29 is 9.53 Å². The monoisotopic (exact) mass is 279 g/mol. The Labute approximate surface area is 121 Å². The van der Waals surface area contributed by atoms with Gasteiger partial charge in [0.1, 0.15) is 0 Å². The Morgan fingerprint density at radius 3 is 2.55 bits per heavy atom. The fourth-order valence-corrected chi connectivity index (χ4v) is 2.62. The SMILES string of the molecule is C#C[C@@H](NC(=O)NCC1(N2CCOCC2)CC1)C(C)C. The molecule has 1 aliphatic heterocycles. The Balaban J connectivity index is 1.77. The smallest absolute Gasteiger partial charge is 0.315 e. The summed E-state index contributed by atoms with van der Waals surface area (Å²) in [6.45, 7) is 8.20. The standard InChI is InChI=1S/C15H25N3O2/c1-4-13(12(2)3)17-14(19)16-11-15(5-6-15)18-7-9-20-10-8-18/h1,12-13H,5-11H2,2-3H3,(H2,16,17,19)/t13-/m1/s1. The number of ether oxygens (including phenoxy) is 1. The molecule has 2 rings (SSSR count). The minimum Gasteiger partial charge on any atom is -0.379 e. The summed E-state index contributed by atoms with van der Waals surface area (Å²) in [5, 5.41) is 5.81. The minimum atomic E-state index is -0.214. The molecule has 2 aliphatic rings. The van der Waals surface area contributed by atoms with Gasteiger partial charge in [-0.05, 0) is 18.8 Å². The van der Waals surface area contributed by atoms with Gasteiger partial charge in [0.2, 0.25) is 0 Å². The first-order valence-electron chi connectivity index (χ1n) is 7.41. The van der Waals surface area contributed by atoms with Crippen molar-refractivity contribution in [1.29, 1.82) is 0 Å². The summed E-state index contributed by atoms with van der Waals surface area (Å²) in [5.74, 6) is 2.85.